The van der Waals surface area contributed by atoms with Gasteiger partial charge in [0, 0.05) is 22.4 Å². The van der Waals surface area contributed by atoms with Gasteiger partial charge in [0.25, 0.3) is 0 Å². The number of nitrogens with zero attached hydrogens (tertiary/aromatic N) is 2. The predicted octanol–water partition coefficient (Wildman–Crippen LogP) is 3.30. The molecular formula is C15H20N4S. The Morgan fingerprint density at radius 3 is 2.85 bits per heavy atom. The summed E-state index contributed by atoms with van der Waals surface area (Å²) in [5.74, 6) is 0.891. The largest absolute Gasteiger partial charge is 0.399 e. The minimum Gasteiger partial charge on any atom is -0.399 e. The molecule has 2 aromatic rings. The summed E-state index contributed by atoms with van der Waals surface area (Å²) in [6.07, 6.45) is 9.06. The molecular weight excluding hydrogens is 268 g/mol. The van der Waals surface area contributed by atoms with Crippen LogP contribution in [0.1, 0.15) is 25.7 Å². The number of aromatic nitrogens is 2. The molecule has 20 heavy (non-hydrogen) atoms. The van der Waals surface area contributed by atoms with E-state index in [1.54, 1.807) is 6.33 Å². The number of nitrogen functional groups attached to an aromatic ring is 1. The van der Waals surface area contributed by atoms with E-state index < -0.39 is 0 Å². The topological polar surface area (TPSA) is 63.8 Å². The standard InChI is InChI=1S/C15H20N4S/c1-20-15(6-2-3-7-15)9-17-14-12-8-11(16)4-5-13(12)18-10-19-14/h4-5,8,10H,2-3,6-7,9,16H2,1H3,(H,17,18,19). The monoisotopic (exact) mass is 288 g/mol. The van der Waals surface area contributed by atoms with Crippen LogP contribution >= 0.6 is 11.8 Å². The van der Waals surface area contributed by atoms with Gasteiger partial charge < -0.3 is 11.1 Å². The molecule has 3 N–H and O–H groups in total. The van der Waals surface area contributed by atoms with Gasteiger partial charge in [0.15, 0.2) is 0 Å². The number of nitrogens with two attached hydrogens (primary N) is 1. The highest BCUT2D eigenvalue weighted by Crippen LogP contribution is 2.40. The van der Waals surface area contributed by atoms with Crippen LogP contribution in [-0.2, 0) is 0 Å². The van der Waals surface area contributed by atoms with E-state index in [4.69, 9.17) is 5.73 Å². The van der Waals surface area contributed by atoms with Gasteiger partial charge in [-0.15, -0.1) is 0 Å². The number of anilines is 2. The molecule has 3 rings (SSSR count). The molecule has 1 heterocycles. The highest BCUT2D eigenvalue weighted by atomic mass is 32.2. The Hall–Kier alpha value is -1.49. The molecule has 4 nitrogen and oxygen atoms in total. The van der Waals surface area contributed by atoms with Gasteiger partial charge in [0.05, 0.1) is 5.52 Å². The zero-order valence-electron chi connectivity index (χ0n) is 11.7. The van der Waals surface area contributed by atoms with Crippen molar-refractivity contribution in [3.05, 3.63) is 24.5 Å². The van der Waals surface area contributed by atoms with Crippen molar-refractivity contribution in [2.75, 3.05) is 23.9 Å². The van der Waals surface area contributed by atoms with Crippen LogP contribution in [0.5, 0.6) is 0 Å². The van der Waals surface area contributed by atoms with Crippen molar-refractivity contribution in [3.8, 4) is 0 Å². The van der Waals surface area contributed by atoms with Gasteiger partial charge in [-0.3, -0.25) is 0 Å². The van der Waals surface area contributed by atoms with Crippen molar-refractivity contribution in [1.82, 2.24) is 9.97 Å². The lowest BCUT2D eigenvalue weighted by atomic mass is 10.1. The van der Waals surface area contributed by atoms with E-state index in [9.17, 15) is 0 Å². The molecule has 1 aromatic heterocycles. The van der Waals surface area contributed by atoms with Crippen LogP contribution < -0.4 is 11.1 Å². The van der Waals surface area contributed by atoms with E-state index in [1.807, 2.05) is 30.0 Å². The number of benzene rings is 1. The SMILES string of the molecule is CSC1(CNc2ncnc3ccc(N)cc23)CCCC1. The molecule has 1 aliphatic rings. The van der Waals surface area contributed by atoms with Crippen molar-refractivity contribution in [3.63, 3.8) is 0 Å². The Morgan fingerprint density at radius 1 is 1.30 bits per heavy atom. The van der Waals surface area contributed by atoms with Crippen LogP contribution in [0.25, 0.3) is 10.9 Å². The van der Waals surface area contributed by atoms with E-state index in [-0.39, 0.29) is 0 Å². The Bertz CT molecular complexity index is 608. The van der Waals surface area contributed by atoms with E-state index in [1.165, 1.54) is 25.7 Å². The van der Waals surface area contributed by atoms with Crippen LogP contribution in [0, 0.1) is 0 Å². The maximum atomic E-state index is 5.88. The summed E-state index contributed by atoms with van der Waals surface area (Å²) < 4.78 is 0.359. The van der Waals surface area contributed by atoms with Gasteiger partial charge in [0.1, 0.15) is 12.1 Å². The van der Waals surface area contributed by atoms with Crippen molar-refractivity contribution < 1.29 is 0 Å². The molecule has 1 fully saturated rings. The molecule has 1 aromatic carbocycles. The van der Waals surface area contributed by atoms with Crippen LogP contribution in [0.4, 0.5) is 11.5 Å². The molecule has 5 heteroatoms. The maximum absolute atomic E-state index is 5.88. The first-order valence-corrected chi connectivity index (χ1v) is 8.24. The van der Waals surface area contributed by atoms with Crippen molar-refractivity contribution >= 4 is 34.2 Å². The molecule has 0 aliphatic heterocycles. The van der Waals surface area contributed by atoms with Gasteiger partial charge in [-0.2, -0.15) is 11.8 Å². The van der Waals surface area contributed by atoms with Gasteiger partial charge in [-0.05, 0) is 37.3 Å². The Morgan fingerprint density at radius 2 is 2.10 bits per heavy atom. The van der Waals surface area contributed by atoms with Crippen molar-refractivity contribution in [2.24, 2.45) is 0 Å². The second-order valence-electron chi connectivity index (χ2n) is 5.45. The maximum Gasteiger partial charge on any atom is 0.137 e. The third-order valence-electron chi connectivity index (χ3n) is 4.19. The van der Waals surface area contributed by atoms with Crippen LogP contribution in [0.3, 0.4) is 0 Å². The Labute approximate surface area is 123 Å². The van der Waals surface area contributed by atoms with E-state index in [0.29, 0.717) is 4.75 Å². The summed E-state index contributed by atoms with van der Waals surface area (Å²) in [5.41, 5.74) is 7.55. The van der Waals surface area contributed by atoms with Gasteiger partial charge in [0.2, 0.25) is 0 Å². The third-order valence-corrected chi connectivity index (χ3v) is 5.60. The minimum absolute atomic E-state index is 0.359. The van der Waals surface area contributed by atoms with Crippen LogP contribution in [0.15, 0.2) is 24.5 Å². The second kappa shape index (κ2) is 5.48. The summed E-state index contributed by atoms with van der Waals surface area (Å²) >= 11 is 1.98. The number of hydrogen-bond donors (Lipinski definition) is 2. The van der Waals surface area contributed by atoms with E-state index >= 15 is 0 Å². The van der Waals surface area contributed by atoms with E-state index in [0.717, 1.165) is 29.0 Å². The lowest BCUT2D eigenvalue weighted by molar-refractivity contribution is 0.639. The zero-order valence-corrected chi connectivity index (χ0v) is 12.5. The number of thioether (sulfide) groups is 1. The summed E-state index contributed by atoms with van der Waals surface area (Å²) in [7, 11) is 0. The van der Waals surface area contributed by atoms with E-state index in [2.05, 4.69) is 21.5 Å². The second-order valence-corrected chi connectivity index (χ2v) is 6.72. The zero-order chi connectivity index (χ0) is 14.0. The highest BCUT2D eigenvalue weighted by Gasteiger charge is 2.32. The first-order valence-electron chi connectivity index (χ1n) is 7.02. The predicted molar refractivity (Wildman–Crippen MR) is 87.2 cm³/mol. The number of nitrogens with one attached hydrogen (secondary N) is 1. The van der Waals surface area contributed by atoms with Crippen LogP contribution in [-0.4, -0.2) is 27.5 Å². The summed E-state index contributed by atoms with van der Waals surface area (Å²) in [4.78, 5) is 8.68. The molecule has 0 atom stereocenters. The van der Waals surface area contributed by atoms with Crippen LogP contribution in [0.2, 0.25) is 0 Å². The Kier molecular flexibility index (Phi) is 3.70. The fourth-order valence-electron chi connectivity index (χ4n) is 2.93. The molecule has 0 radical (unpaired) electrons. The summed E-state index contributed by atoms with van der Waals surface area (Å²) in [5, 5.41) is 4.52. The van der Waals surface area contributed by atoms with Gasteiger partial charge in [-0.25, -0.2) is 9.97 Å². The molecule has 0 amide bonds. The first-order chi connectivity index (χ1) is 9.72. The quantitative estimate of drug-likeness (QED) is 0.845. The molecule has 106 valence electrons. The first kappa shape index (κ1) is 13.5. The normalized spacial score (nSPS) is 17.4. The van der Waals surface area contributed by atoms with Gasteiger partial charge in [-0.1, -0.05) is 12.8 Å². The average molecular weight is 288 g/mol. The summed E-state index contributed by atoms with van der Waals surface area (Å²) in [6, 6.07) is 5.76. The molecule has 1 saturated carbocycles. The fraction of sp³-hybridized carbons (Fsp3) is 0.467. The van der Waals surface area contributed by atoms with Gasteiger partial charge >= 0.3 is 0 Å². The summed E-state index contributed by atoms with van der Waals surface area (Å²) in [6.45, 7) is 0.953. The lowest BCUT2D eigenvalue weighted by Gasteiger charge is -2.27. The average Bonchev–Trinajstić information content (AvgIpc) is 2.94. The van der Waals surface area contributed by atoms with Crippen molar-refractivity contribution in [1.29, 1.82) is 0 Å². The highest BCUT2D eigenvalue weighted by molar-refractivity contribution is 8.00. The lowest BCUT2D eigenvalue weighted by Crippen LogP contribution is -2.30. The number of rotatable bonds is 4. The third kappa shape index (κ3) is 2.54. The minimum atomic E-state index is 0.359. The molecule has 0 saturated heterocycles. The fourth-order valence-corrected chi connectivity index (χ4v) is 3.85. The smallest absolute Gasteiger partial charge is 0.137 e. The molecule has 0 unspecified atom stereocenters. The molecule has 0 spiro atoms. The number of hydrogen-bond acceptors (Lipinski definition) is 5. The van der Waals surface area contributed by atoms with Crippen molar-refractivity contribution in [2.45, 2.75) is 30.4 Å². The molecule has 1 aliphatic carbocycles. The molecule has 0 bridgehead atoms. The Balaban J connectivity index is 1.85. The number of fused-ring (bicyclic) bond motifs is 1.